The predicted molar refractivity (Wildman–Crippen MR) is 348 cm³/mol. The van der Waals surface area contributed by atoms with Crippen LogP contribution in [0, 0.1) is 0 Å². The van der Waals surface area contributed by atoms with Crippen LogP contribution in [0.3, 0.4) is 0 Å². The highest BCUT2D eigenvalue weighted by molar-refractivity contribution is 5.71. The highest BCUT2D eigenvalue weighted by Gasteiger charge is 2.19. The van der Waals surface area contributed by atoms with E-state index in [0.717, 1.165) is 77.0 Å². The lowest BCUT2D eigenvalue weighted by molar-refractivity contribution is -0.166. The summed E-state index contributed by atoms with van der Waals surface area (Å²) in [4.78, 5) is 38.4. The molecule has 0 bridgehead atoms. The van der Waals surface area contributed by atoms with Crippen molar-refractivity contribution in [1.82, 2.24) is 0 Å². The smallest absolute Gasteiger partial charge is 0.306 e. The molecular weight excluding hydrogens is 985 g/mol. The van der Waals surface area contributed by atoms with Crippen molar-refractivity contribution in [3.05, 3.63) is 72.9 Å². The van der Waals surface area contributed by atoms with Gasteiger partial charge in [-0.05, 0) is 57.8 Å². The fourth-order valence-corrected chi connectivity index (χ4v) is 10.3. The lowest BCUT2D eigenvalue weighted by Gasteiger charge is -2.18. The molecule has 0 N–H and O–H groups in total. The number of allylic oxidation sites excluding steroid dienone is 12. The molecule has 1 unspecified atom stereocenters. The van der Waals surface area contributed by atoms with Crippen LogP contribution in [-0.4, -0.2) is 37.2 Å². The van der Waals surface area contributed by atoms with Gasteiger partial charge >= 0.3 is 17.9 Å². The maximum atomic E-state index is 12.9. The standard InChI is InChI=1S/C74H132O6/c1-4-7-10-13-16-19-22-25-28-31-34-35-36-37-38-41-43-46-49-52-55-58-61-64-67-73(76)79-70-71(80-74(77)68-65-62-59-56-53-50-47-44-40-33-30-27-24-21-18-15-12-9-6-3)69-78-72(75)66-63-60-57-54-51-48-45-42-39-32-29-26-23-20-17-14-11-8-5-2/h9,12,18,21,27,30,40,44,50,53,59,62,71H,4-8,10-11,13-17,19-20,22-26,28-29,31-39,41-43,45-49,51-52,54-58,60-61,63-70H2,1-3H3/b12-9-,21-18-,30-27-,44-40-,53-50-,62-59-. The first kappa shape index (κ1) is 76.9. The maximum absolute atomic E-state index is 12.9. The number of unbranched alkanes of at least 4 members (excludes halogenated alkanes) is 41. The summed E-state index contributed by atoms with van der Waals surface area (Å²) in [5.74, 6) is -0.962. The van der Waals surface area contributed by atoms with Gasteiger partial charge in [-0.2, -0.15) is 0 Å². The van der Waals surface area contributed by atoms with Gasteiger partial charge in [0.15, 0.2) is 6.10 Å². The van der Waals surface area contributed by atoms with Gasteiger partial charge in [-0.3, -0.25) is 14.4 Å². The average Bonchev–Trinajstić information content (AvgIpc) is 3.46. The summed E-state index contributed by atoms with van der Waals surface area (Å²) in [6, 6.07) is 0. The van der Waals surface area contributed by atoms with Crippen molar-refractivity contribution in [2.75, 3.05) is 13.2 Å². The van der Waals surface area contributed by atoms with Gasteiger partial charge in [0.05, 0.1) is 0 Å². The van der Waals surface area contributed by atoms with E-state index in [2.05, 4.69) is 87.6 Å². The average molecular weight is 1120 g/mol. The first-order chi connectivity index (χ1) is 39.5. The van der Waals surface area contributed by atoms with Crippen LogP contribution in [0.1, 0.15) is 361 Å². The van der Waals surface area contributed by atoms with Crippen LogP contribution in [-0.2, 0) is 28.6 Å². The predicted octanol–water partition coefficient (Wildman–Crippen LogP) is 24.1. The van der Waals surface area contributed by atoms with Crippen molar-refractivity contribution in [2.45, 2.75) is 367 Å². The minimum absolute atomic E-state index is 0.101. The van der Waals surface area contributed by atoms with Crippen LogP contribution in [0.15, 0.2) is 72.9 Å². The lowest BCUT2D eigenvalue weighted by atomic mass is 10.0. The molecule has 6 nitrogen and oxygen atoms in total. The Kier molecular flexibility index (Phi) is 65.7. The second kappa shape index (κ2) is 68.3. The molecule has 0 amide bonds. The van der Waals surface area contributed by atoms with Crippen molar-refractivity contribution in [1.29, 1.82) is 0 Å². The van der Waals surface area contributed by atoms with Gasteiger partial charge < -0.3 is 14.2 Å². The Balaban J connectivity index is 4.38. The molecule has 0 radical (unpaired) electrons. The fourth-order valence-electron chi connectivity index (χ4n) is 10.3. The molecule has 0 aliphatic carbocycles. The van der Waals surface area contributed by atoms with Crippen LogP contribution < -0.4 is 0 Å². The Morgan fingerprint density at radius 2 is 0.487 bits per heavy atom. The van der Waals surface area contributed by atoms with E-state index in [9.17, 15) is 14.4 Å². The van der Waals surface area contributed by atoms with E-state index in [-0.39, 0.29) is 37.5 Å². The summed E-state index contributed by atoms with van der Waals surface area (Å²) >= 11 is 0. The molecule has 0 fully saturated rings. The normalized spacial score (nSPS) is 12.5. The number of hydrogen-bond donors (Lipinski definition) is 0. The van der Waals surface area contributed by atoms with Crippen molar-refractivity contribution in [3.63, 3.8) is 0 Å². The van der Waals surface area contributed by atoms with Crippen LogP contribution >= 0.6 is 0 Å². The minimum atomic E-state index is -0.815. The summed E-state index contributed by atoms with van der Waals surface area (Å²) in [5.41, 5.74) is 0. The molecule has 0 heterocycles. The molecular formula is C74H132O6. The van der Waals surface area contributed by atoms with Gasteiger partial charge in [0.1, 0.15) is 13.2 Å². The molecule has 0 aliphatic rings. The summed E-state index contributed by atoms with van der Waals surface area (Å²) in [6.07, 6.45) is 89.4. The van der Waals surface area contributed by atoms with Crippen molar-refractivity contribution < 1.29 is 28.6 Å². The van der Waals surface area contributed by atoms with E-state index in [4.69, 9.17) is 14.2 Å². The molecule has 464 valence electrons. The van der Waals surface area contributed by atoms with E-state index >= 15 is 0 Å². The summed E-state index contributed by atoms with van der Waals surface area (Å²) in [7, 11) is 0. The molecule has 80 heavy (non-hydrogen) atoms. The number of ether oxygens (including phenoxy) is 3. The third-order valence-electron chi connectivity index (χ3n) is 15.5. The zero-order valence-corrected chi connectivity index (χ0v) is 53.3. The molecule has 0 spiro atoms. The highest BCUT2D eigenvalue weighted by atomic mass is 16.6. The largest absolute Gasteiger partial charge is 0.462 e. The Hall–Kier alpha value is -3.15. The number of rotatable bonds is 64. The Labute approximate surface area is 497 Å². The number of esters is 3. The summed E-state index contributed by atoms with van der Waals surface area (Å²) < 4.78 is 16.9. The highest BCUT2D eigenvalue weighted by Crippen LogP contribution is 2.18. The van der Waals surface area contributed by atoms with Gasteiger partial charge in [0.25, 0.3) is 0 Å². The summed E-state index contributed by atoms with van der Waals surface area (Å²) in [6.45, 7) is 6.53. The second-order valence-corrected chi connectivity index (χ2v) is 23.4. The van der Waals surface area contributed by atoms with E-state index < -0.39 is 6.10 Å². The molecule has 0 aromatic heterocycles. The number of carbonyl (C=O) groups excluding carboxylic acids is 3. The fraction of sp³-hybridized carbons (Fsp3) is 0.797. The minimum Gasteiger partial charge on any atom is -0.462 e. The molecule has 0 aliphatic heterocycles. The lowest BCUT2D eigenvalue weighted by Crippen LogP contribution is -2.30. The number of hydrogen-bond acceptors (Lipinski definition) is 6. The van der Waals surface area contributed by atoms with Crippen LogP contribution in [0.5, 0.6) is 0 Å². The molecule has 6 heteroatoms. The molecule has 0 aromatic rings. The van der Waals surface area contributed by atoms with Crippen molar-refractivity contribution in [3.8, 4) is 0 Å². The SMILES string of the molecule is CC/C=C\C/C=C\C/C=C\C/C=C\C/C=C\C/C=C\CCC(=O)OC(COC(=O)CCCCCCCCCCCCCCCCCCCCC)COC(=O)CCCCCCCCCCCCCCCCCCCCCCCCCC. The van der Waals surface area contributed by atoms with Gasteiger partial charge in [-0.15, -0.1) is 0 Å². The third kappa shape index (κ3) is 65.7. The van der Waals surface area contributed by atoms with Crippen LogP contribution in [0.4, 0.5) is 0 Å². The molecule has 0 saturated heterocycles. The van der Waals surface area contributed by atoms with Gasteiger partial charge in [0, 0.05) is 19.3 Å². The zero-order chi connectivity index (χ0) is 57.8. The van der Waals surface area contributed by atoms with Crippen molar-refractivity contribution in [2.24, 2.45) is 0 Å². The Bertz CT molecular complexity index is 1470. The first-order valence-corrected chi connectivity index (χ1v) is 34.9. The molecule has 0 aromatic carbocycles. The maximum Gasteiger partial charge on any atom is 0.306 e. The number of carbonyl (C=O) groups is 3. The quantitative estimate of drug-likeness (QED) is 0.0261. The van der Waals surface area contributed by atoms with Crippen LogP contribution in [0.25, 0.3) is 0 Å². The molecule has 0 rings (SSSR count). The van der Waals surface area contributed by atoms with E-state index in [1.807, 2.05) is 6.08 Å². The zero-order valence-electron chi connectivity index (χ0n) is 53.3. The van der Waals surface area contributed by atoms with Crippen molar-refractivity contribution >= 4 is 17.9 Å². The molecule has 1 atom stereocenters. The Morgan fingerprint density at radius 1 is 0.263 bits per heavy atom. The van der Waals surface area contributed by atoms with Gasteiger partial charge in [-0.25, -0.2) is 0 Å². The van der Waals surface area contributed by atoms with E-state index in [1.165, 1.54) is 238 Å². The topological polar surface area (TPSA) is 78.9 Å². The van der Waals surface area contributed by atoms with Gasteiger partial charge in [-0.1, -0.05) is 357 Å². The van der Waals surface area contributed by atoms with E-state index in [1.54, 1.807) is 0 Å². The van der Waals surface area contributed by atoms with E-state index in [0.29, 0.717) is 19.3 Å². The summed E-state index contributed by atoms with van der Waals surface area (Å²) in [5, 5.41) is 0. The first-order valence-electron chi connectivity index (χ1n) is 34.9. The van der Waals surface area contributed by atoms with Gasteiger partial charge in [0.2, 0.25) is 0 Å². The monoisotopic (exact) mass is 1120 g/mol. The van der Waals surface area contributed by atoms with Crippen LogP contribution in [0.2, 0.25) is 0 Å². The molecule has 0 saturated carbocycles. The third-order valence-corrected chi connectivity index (χ3v) is 15.5. The Morgan fingerprint density at radius 3 is 0.738 bits per heavy atom. The second-order valence-electron chi connectivity index (χ2n) is 23.4.